The van der Waals surface area contributed by atoms with Crippen molar-refractivity contribution in [3.05, 3.63) is 0 Å². The van der Waals surface area contributed by atoms with E-state index in [0.717, 1.165) is 19.3 Å². The van der Waals surface area contributed by atoms with E-state index in [-0.39, 0.29) is 24.7 Å². The molecule has 7 heteroatoms. The molecule has 0 radical (unpaired) electrons. The average Bonchev–Trinajstić information content (AvgIpc) is 2.81. The highest BCUT2D eigenvalue weighted by atomic mass is 16.4. The normalized spacial score (nSPS) is 14.1. The second-order valence-corrected chi connectivity index (χ2v) is 10.1. The first-order valence-corrected chi connectivity index (χ1v) is 13.7. The molecule has 7 nitrogen and oxygen atoms in total. The third-order valence-electron chi connectivity index (χ3n) is 6.78. The van der Waals surface area contributed by atoms with E-state index in [9.17, 15) is 19.5 Å². The third kappa shape index (κ3) is 11.8. The molecule has 200 valence electrons. The van der Waals surface area contributed by atoms with Gasteiger partial charge in [-0.2, -0.15) is 0 Å². The zero-order chi connectivity index (χ0) is 26.0. The van der Waals surface area contributed by atoms with Crippen molar-refractivity contribution >= 4 is 17.7 Å². The number of aliphatic carboxylic acids is 1. The van der Waals surface area contributed by atoms with Crippen LogP contribution < -0.4 is 11.5 Å². The van der Waals surface area contributed by atoms with E-state index >= 15 is 0 Å². The molecule has 0 fully saturated rings. The number of amides is 1. The summed E-state index contributed by atoms with van der Waals surface area (Å²) in [7, 11) is 0. The Kier molecular flexibility index (Phi) is 18.0. The molecule has 2 atom stereocenters. The first-order valence-electron chi connectivity index (χ1n) is 13.7. The van der Waals surface area contributed by atoms with Gasteiger partial charge in [0.15, 0.2) is 11.3 Å². The molecular weight excluding hydrogens is 430 g/mol. The van der Waals surface area contributed by atoms with Crippen molar-refractivity contribution in [3.63, 3.8) is 0 Å². The number of carbonyl (C=O) groups is 3. The summed E-state index contributed by atoms with van der Waals surface area (Å²) in [4.78, 5) is 39.7. The molecule has 0 aliphatic heterocycles. The molecule has 0 aromatic rings. The van der Waals surface area contributed by atoms with E-state index in [1.807, 2.05) is 13.8 Å². The Labute approximate surface area is 208 Å². The predicted octanol–water partition coefficient (Wildman–Crippen LogP) is 5.04. The first kappa shape index (κ1) is 32.5. The first-order chi connectivity index (χ1) is 16.2. The number of Topliss-reactive ketones (excluding diaryl/α,β-unsaturated/α-hetero) is 1. The van der Waals surface area contributed by atoms with Gasteiger partial charge in [-0.15, -0.1) is 0 Å². The van der Waals surface area contributed by atoms with Crippen LogP contribution in [0.25, 0.3) is 0 Å². The molecule has 0 aromatic carbocycles. The standard InChI is InChI=1S/C27H53N3O4/c1-5-7-8-9-10-11-12-13-14-15-16-17-21-30(23(31)19-18-20-28)24(22(3)4)25(32)27(29,6-2)26(33)34/h22,24H,5-21,28-29H2,1-4H3,(H,33,34)/t24-,27?/m0/s1. The molecule has 0 aliphatic carbocycles. The fourth-order valence-electron chi connectivity index (χ4n) is 4.44. The highest BCUT2D eigenvalue weighted by Gasteiger charge is 2.47. The number of ketones is 1. The van der Waals surface area contributed by atoms with E-state index in [2.05, 4.69) is 6.92 Å². The van der Waals surface area contributed by atoms with Gasteiger partial charge in [0.1, 0.15) is 0 Å². The minimum Gasteiger partial charge on any atom is -0.480 e. The number of carboxylic acids is 1. The van der Waals surface area contributed by atoms with Crippen molar-refractivity contribution in [2.45, 2.75) is 136 Å². The van der Waals surface area contributed by atoms with Gasteiger partial charge >= 0.3 is 5.97 Å². The number of hydrogen-bond acceptors (Lipinski definition) is 5. The number of hydrogen-bond donors (Lipinski definition) is 3. The lowest BCUT2D eigenvalue weighted by Gasteiger charge is -2.37. The van der Waals surface area contributed by atoms with Gasteiger partial charge in [0, 0.05) is 13.0 Å². The minimum atomic E-state index is -1.99. The monoisotopic (exact) mass is 483 g/mol. The van der Waals surface area contributed by atoms with E-state index in [4.69, 9.17) is 11.5 Å². The molecule has 1 amide bonds. The summed E-state index contributed by atoms with van der Waals surface area (Å²) in [5, 5.41) is 9.62. The molecule has 1 unspecified atom stereocenters. The number of rotatable bonds is 22. The number of nitrogens with zero attached hydrogens (tertiary/aromatic N) is 1. The topological polar surface area (TPSA) is 127 Å². The van der Waals surface area contributed by atoms with Gasteiger partial charge in [-0.05, 0) is 31.7 Å². The van der Waals surface area contributed by atoms with Crippen molar-refractivity contribution in [2.75, 3.05) is 13.1 Å². The molecule has 0 bridgehead atoms. The average molecular weight is 484 g/mol. The highest BCUT2D eigenvalue weighted by Crippen LogP contribution is 2.23. The molecule has 0 saturated carbocycles. The number of nitrogens with two attached hydrogens (primary N) is 2. The van der Waals surface area contributed by atoms with Crippen LogP contribution in [-0.4, -0.2) is 52.3 Å². The van der Waals surface area contributed by atoms with Gasteiger partial charge in [-0.3, -0.25) is 9.59 Å². The van der Waals surface area contributed by atoms with Crippen molar-refractivity contribution in [1.82, 2.24) is 4.90 Å². The van der Waals surface area contributed by atoms with E-state index in [1.165, 1.54) is 57.8 Å². The highest BCUT2D eigenvalue weighted by molar-refractivity contribution is 6.10. The van der Waals surface area contributed by atoms with Gasteiger partial charge in [-0.25, -0.2) is 4.79 Å². The summed E-state index contributed by atoms with van der Waals surface area (Å²) in [6, 6.07) is -0.848. The molecule has 0 aromatic heterocycles. The number of unbranched alkanes of at least 4 members (excludes halogenated alkanes) is 11. The van der Waals surface area contributed by atoms with Crippen LogP contribution in [0.5, 0.6) is 0 Å². The molecular formula is C27H53N3O4. The summed E-state index contributed by atoms with van der Waals surface area (Å²) < 4.78 is 0. The maximum absolute atomic E-state index is 13.3. The summed E-state index contributed by atoms with van der Waals surface area (Å²) >= 11 is 0. The van der Waals surface area contributed by atoms with Gasteiger partial charge in [0.2, 0.25) is 5.91 Å². The maximum Gasteiger partial charge on any atom is 0.331 e. The van der Waals surface area contributed by atoms with Crippen molar-refractivity contribution < 1.29 is 19.5 Å². The second-order valence-electron chi connectivity index (χ2n) is 10.1. The Hall–Kier alpha value is -1.47. The van der Waals surface area contributed by atoms with Crippen molar-refractivity contribution in [1.29, 1.82) is 0 Å². The fraction of sp³-hybridized carbons (Fsp3) is 0.889. The summed E-state index contributed by atoms with van der Waals surface area (Å²) in [6.45, 7) is 8.34. The largest absolute Gasteiger partial charge is 0.480 e. The zero-order valence-corrected chi connectivity index (χ0v) is 22.4. The number of carbonyl (C=O) groups excluding carboxylic acids is 2. The third-order valence-corrected chi connectivity index (χ3v) is 6.78. The fourth-order valence-corrected chi connectivity index (χ4v) is 4.44. The van der Waals surface area contributed by atoms with Crippen LogP contribution in [0.3, 0.4) is 0 Å². The van der Waals surface area contributed by atoms with E-state index in [0.29, 0.717) is 19.5 Å². The predicted molar refractivity (Wildman–Crippen MR) is 140 cm³/mol. The van der Waals surface area contributed by atoms with Gasteiger partial charge in [-0.1, -0.05) is 98.3 Å². The van der Waals surface area contributed by atoms with Crippen LogP contribution in [0.1, 0.15) is 124 Å². The summed E-state index contributed by atoms with van der Waals surface area (Å²) in [5.74, 6) is -2.31. The number of carboxylic acid groups (broad SMARTS) is 1. The maximum atomic E-state index is 13.3. The quantitative estimate of drug-likeness (QED) is 0.146. The molecule has 0 heterocycles. The van der Waals surface area contributed by atoms with Crippen LogP contribution in [0, 0.1) is 5.92 Å². The molecule has 34 heavy (non-hydrogen) atoms. The van der Waals surface area contributed by atoms with Crippen LogP contribution in [0.2, 0.25) is 0 Å². The molecule has 5 N–H and O–H groups in total. The van der Waals surface area contributed by atoms with E-state index in [1.54, 1.807) is 11.8 Å². The Balaban J connectivity index is 4.85. The lowest BCUT2D eigenvalue weighted by atomic mass is 9.82. The Morgan fingerprint density at radius 1 is 0.824 bits per heavy atom. The van der Waals surface area contributed by atoms with Gasteiger partial charge in [0.05, 0.1) is 6.04 Å². The Bertz CT molecular complexity index is 582. The van der Waals surface area contributed by atoms with E-state index < -0.39 is 23.3 Å². The molecule has 0 rings (SSSR count). The van der Waals surface area contributed by atoms with Crippen LogP contribution in [0.4, 0.5) is 0 Å². The minimum absolute atomic E-state index is 0.0200. The molecule has 0 spiro atoms. The molecule has 0 aliphatic rings. The van der Waals surface area contributed by atoms with Crippen molar-refractivity contribution in [2.24, 2.45) is 17.4 Å². The Morgan fingerprint density at radius 2 is 1.29 bits per heavy atom. The lowest BCUT2D eigenvalue weighted by molar-refractivity contribution is -0.154. The van der Waals surface area contributed by atoms with Crippen LogP contribution in [-0.2, 0) is 14.4 Å². The smallest absolute Gasteiger partial charge is 0.331 e. The second kappa shape index (κ2) is 18.8. The SMILES string of the molecule is CCCCCCCCCCCCCCN(C(=O)CCCN)[C@H](C(=O)C(N)(CC)C(=O)O)C(C)C. The summed E-state index contributed by atoms with van der Waals surface area (Å²) in [6.07, 6.45) is 15.3. The zero-order valence-electron chi connectivity index (χ0n) is 22.4. The summed E-state index contributed by atoms with van der Waals surface area (Å²) in [5.41, 5.74) is 9.62. The van der Waals surface area contributed by atoms with Crippen molar-refractivity contribution in [3.8, 4) is 0 Å². The van der Waals surface area contributed by atoms with Crippen LogP contribution >= 0.6 is 0 Å². The van der Waals surface area contributed by atoms with Gasteiger partial charge in [0.25, 0.3) is 0 Å². The Morgan fingerprint density at radius 3 is 1.68 bits per heavy atom. The lowest BCUT2D eigenvalue weighted by Crippen LogP contribution is -2.63. The van der Waals surface area contributed by atoms with Gasteiger partial charge < -0.3 is 21.5 Å². The van der Waals surface area contributed by atoms with Crippen LogP contribution in [0.15, 0.2) is 0 Å². The molecule has 0 saturated heterocycles.